The van der Waals surface area contributed by atoms with E-state index < -0.39 is 0 Å². The Balaban J connectivity index is 2.18. The molecule has 0 aliphatic heterocycles. The number of halogens is 1. The van der Waals surface area contributed by atoms with Crippen molar-refractivity contribution in [2.45, 2.75) is 4.34 Å². The largest absolute Gasteiger partial charge is 0.230 e. The van der Waals surface area contributed by atoms with Crippen LogP contribution in [0.4, 0.5) is 0 Å². The number of rotatable bonds is 3. The standard InChI is InChI=1S/C10H8ClNS2/c11-6-3-7-13-10-12-8-4-1-2-5-9(8)14-10/h1-6H,7H2/b6-3+. The van der Waals surface area contributed by atoms with Gasteiger partial charge in [-0.1, -0.05) is 41.6 Å². The summed E-state index contributed by atoms with van der Waals surface area (Å²) in [6, 6.07) is 8.17. The molecule has 2 rings (SSSR count). The van der Waals surface area contributed by atoms with Crippen LogP contribution in [-0.2, 0) is 0 Å². The van der Waals surface area contributed by atoms with Crippen LogP contribution < -0.4 is 0 Å². The van der Waals surface area contributed by atoms with Crippen molar-refractivity contribution in [2.24, 2.45) is 0 Å². The van der Waals surface area contributed by atoms with Gasteiger partial charge in [0.2, 0.25) is 0 Å². The van der Waals surface area contributed by atoms with E-state index in [4.69, 9.17) is 11.6 Å². The number of benzene rings is 1. The van der Waals surface area contributed by atoms with Crippen molar-refractivity contribution in [2.75, 3.05) is 5.75 Å². The van der Waals surface area contributed by atoms with Gasteiger partial charge in [0.05, 0.1) is 10.2 Å². The summed E-state index contributed by atoms with van der Waals surface area (Å²) in [5.74, 6) is 0.878. The van der Waals surface area contributed by atoms with Crippen LogP contribution in [0.2, 0.25) is 0 Å². The molecule has 0 saturated carbocycles. The van der Waals surface area contributed by atoms with Crippen molar-refractivity contribution >= 4 is 44.9 Å². The smallest absolute Gasteiger partial charge is 0.151 e. The number of thiazole rings is 1. The summed E-state index contributed by atoms with van der Waals surface area (Å²) >= 11 is 8.87. The van der Waals surface area contributed by atoms with E-state index in [0.29, 0.717) is 0 Å². The first-order valence-electron chi connectivity index (χ1n) is 4.14. The van der Waals surface area contributed by atoms with Crippen LogP contribution in [0.15, 0.2) is 40.2 Å². The van der Waals surface area contributed by atoms with Crippen molar-refractivity contribution in [3.05, 3.63) is 35.9 Å². The molecule has 0 amide bonds. The van der Waals surface area contributed by atoms with Crippen molar-refractivity contribution in [1.82, 2.24) is 4.98 Å². The molecular formula is C10H8ClNS2. The van der Waals surface area contributed by atoms with E-state index in [9.17, 15) is 0 Å². The minimum Gasteiger partial charge on any atom is -0.230 e. The van der Waals surface area contributed by atoms with Gasteiger partial charge in [0.1, 0.15) is 0 Å². The Labute approximate surface area is 95.8 Å². The van der Waals surface area contributed by atoms with Crippen LogP contribution in [0.5, 0.6) is 0 Å². The molecule has 0 aliphatic rings. The Morgan fingerprint density at radius 3 is 3.07 bits per heavy atom. The van der Waals surface area contributed by atoms with Crippen molar-refractivity contribution in [3.8, 4) is 0 Å². The molecule has 0 fully saturated rings. The molecule has 0 N–H and O–H groups in total. The van der Waals surface area contributed by atoms with Gasteiger partial charge in [-0.05, 0) is 12.1 Å². The van der Waals surface area contributed by atoms with Crippen molar-refractivity contribution in [1.29, 1.82) is 0 Å². The Morgan fingerprint density at radius 2 is 2.29 bits per heavy atom. The predicted molar refractivity (Wildman–Crippen MR) is 65.3 cm³/mol. The lowest BCUT2D eigenvalue weighted by molar-refractivity contribution is 1.30. The van der Waals surface area contributed by atoms with E-state index in [0.717, 1.165) is 15.6 Å². The zero-order valence-electron chi connectivity index (χ0n) is 7.31. The minimum atomic E-state index is 0.878. The second kappa shape index (κ2) is 4.82. The van der Waals surface area contributed by atoms with Gasteiger partial charge in [0.15, 0.2) is 4.34 Å². The molecule has 0 radical (unpaired) electrons. The number of hydrogen-bond donors (Lipinski definition) is 0. The van der Waals surface area contributed by atoms with Crippen LogP contribution in [0.1, 0.15) is 0 Å². The second-order valence-electron chi connectivity index (χ2n) is 2.62. The molecule has 4 heteroatoms. The number of hydrogen-bond acceptors (Lipinski definition) is 3. The SMILES string of the molecule is Cl/C=C/CSc1nc2ccccc2s1. The van der Waals surface area contributed by atoms with Gasteiger partial charge < -0.3 is 0 Å². The van der Waals surface area contributed by atoms with Crippen molar-refractivity contribution in [3.63, 3.8) is 0 Å². The van der Waals surface area contributed by atoms with E-state index in [1.54, 1.807) is 28.6 Å². The quantitative estimate of drug-likeness (QED) is 0.749. The highest BCUT2D eigenvalue weighted by atomic mass is 35.5. The maximum Gasteiger partial charge on any atom is 0.151 e. The molecule has 0 bridgehead atoms. The van der Waals surface area contributed by atoms with Gasteiger partial charge in [-0.3, -0.25) is 0 Å². The Kier molecular flexibility index (Phi) is 3.45. The lowest BCUT2D eigenvalue weighted by Gasteiger charge is -1.87. The highest BCUT2D eigenvalue weighted by Crippen LogP contribution is 2.29. The molecule has 1 nitrogen and oxygen atoms in total. The summed E-state index contributed by atoms with van der Waals surface area (Å²) in [6.07, 6.45) is 1.91. The minimum absolute atomic E-state index is 0.878. The first-order valence-corrected chi connectivity index (χ1v) is 6.37. The molecule has 0 unspecified atom stereocenters. The molecule has 0 spiro atoms. The summed E-state index contributed by atoms with van der Waals surface area (Å²) in [5, 5.41) is 0. The number of aromatic nitrogens is 1. The molecule has 72 valence electrons. The van der Waals surface area contributed by atoms with Gasteiger partial charge in [-0.25, -0.2) is 4.98 Å². The van der Waals surface area contributed by atoms with E-state index in [-0.39, 0.29) is 0 Å². The fraction of sp³-hybridized carbons (Fsp3) is 0.100. The van der Waals surface area contributed by atoms with E-state index in [1.165, 1.54) is 4.70 Å². The van der Waals surface area contributed by atoms with Crippen molar-refractivity contribution < 1.29 is 0 Å². The summed E-state index contributed by atoms with van der Waals surface area (Å²) in [7, 11) is 0. The predicted octanol–water partition coefficient (Wildman–Crippen LogP) is 4.14. The number of thioether (sulfide) groups is 1. The van der Waals surface area contributed by atoms with E-state index in [2.05, 4.69) is 11.1 Å². The molecule has 1 aromatic heterocycles. The Morgan fingerprint density at radius 1 is 1.43 bits per heavy atom. The normalized spacial score (nSPS) is 11.5. The molecule has 1 heterocycles. The fourth-order valence-electron chi connectivity index (χ4n) is 1.07. The number of fused-ring (bicyclic) bond motifs is 1. The summed E-state index contributed by atoms with van der Waals surface area (Å²) in [6.45, 7) is 0. The van der Waals surface area contributed by atoms with E-state index >= 15 is 0 Å². The Bertz CT molecular complexity index is 417. The highest BCUT2D eigenvalue weighted by molar-refractivity contribution is 8.01. The summed E-state index contributed by atoms with van der Waals surface area (Å²) in [5.41, 5.74) is 2.62. The second-order valence-corrected chi connectivity index (χ2v) is 5.17. The van der Waals surface area contributed by atoms with Crippen LogP contribution in [0.25, 0.3) is 10.2 Å². The lowest BCUT2D eigenvalue weighted by atomic mass is 10.3. The average Bonchev–Trinajstić information content (AvgIpc) is 2.60. The zero-order valence-corrected chi connectivity index (χ0v) is 9.70. The topological polar surface area (TPSA) is 12.9 Å². The number of nitrogens with zero attached hydrogens (tertiary/aromatic N) is 1. The molecule has 2 aromatic rings. The third-order valence-corrected chi connectivity index (χ3v) is 3.98. The summed E-state index contributed by atoms with van der Waals surface area (Å²) < 4.78 is 2.34. The van der Waals surface area contributed by atoms with E-state index in [1.807, 2.05) is 24.3 Å². The molecular weight excluding hydrogens is 234 g/mol. The first kappa shape index (κ1) is 10.0. The van der Waals surface area contributed by atoms with Gasteiger partial charge >= 0.3 is 0 Å². The molecule has 0 saturated heterocycles. The first-order chi connectivity index (χ1) is 6.90. The monoisotopic (exact) mass is 241 g/mol. The third-order valence-electron chi connectivity index (χ3n) is 1.67. The molecule has 0 atom stereocenters. The van der Waals surface area contributed by atoms with Crippen LogP contribution in [-0.4, -0.2) is 10.7 Å². The molecule has 1 aromatic carbocycles. The maximum atomic E-state index is 5.44. The maximum absolute atomic E-state index is 5.44. The van der Waals surface area contributed by atoms with Gasteiger partial charge in [0.25, 0.3) is 0 Å². The van der Waals surface area contributed by atoms with Gasteiger partial charge in [-0.15, -0.1) is 11.3 Å². The number of para-hydroxylation sites is 1. The molecule has 0 aliphatic carbocycles. The fourth-order valence-corrected chi connectivity index (χ4v) is 3.17. The van der Waals surface area contributed by atoms with Crippen LogP contribution in [0, 0.1) is 0 Å². The third kappa shape index (κ3) is 2.29. The van der Waals surface area contributed by atoms with Gasteiger partial charge in [0, 0.05) is 11.3 Å². The lowest BCUT2D eigenvalue weighted by Crippen LogP contribution is -1.70. The highest BCUT2D eigenvalue weighted by Gasteiger charge is 2.01. The Hall–Kier alpha value is -0.510. The van der Waals surface area contributed by atoms with Crippen LogP contribution >= 0.6 is 34.7 Å². The van der Waals surface area contributed by atoms with Gasteiger partial charge in [-0.2, -0.15) is 0 Å². The van der Waals surface area contributed by atoms with Crippen LogP contribution in [0.3, 0.4) is 0 Å². The zero-order chi connectivity index (χ0) is 9.80. The summed E-state index contributed by atoms with van der Waals surface area (Å²) in [4.78, 5) is 4.49. The molecule has 14 heavy (non-hydrogen) atoms. The average molecular weight is 242 g/mol.